The number of hydrogen-bond donors (Lipinski definition) is 1. The standard InChI is InChI=1S/C13H20N2O2S/c16-13(15-6-8-17-9-7-15)2-5-14-4-1-12-3-10-18-11-12/h3,10-11,14H,1-2,4-9H2. The summed E-state index contributed by atoms with van der Waals surface area (Å²) < 4.78 is 5.23. The second-order valence-electron chi connectivity index (χ2n) is 4.37. The lowest BCUT2D eigenvalue weighted by Crippen LogP contribution is -2.41. The molecule has 0 aromatic carbocycles. The van der Waals surface area contributed by atoms with Gasteiger partial charge in [-0.15, -0.1) is 0 Å². The van der Waals surface area contributed by atoms with E-state index in [2.05, 4.69) is 22.1 Å². The Kier molecular flexibility index (Phi) is 5.64. The average Bonchev–Trinajstić information content (AvgIpc) is 2.92. The molecule has 1 aromatic heterocycles. The highest BCUT2D eigenvalue weighted by Crippen LogP contribution is 2.05. The van der Waals surface area contributed by atoms with Crippen molar-refractivity contribution in [1.82, 2.24) is 10.2 Å². The largest absolute Gasteiger partial charge is 0.378 e. The normalized spacial score (nSPS) is 15.9. The minimum atomic E-state index is 0.237. The van der Waals surface area contributed by atoms with Gasteiger partial charge >= 0.3 is 0 Å². The highest BCUT2D eigenvalue weighted by atomic mass is 32.1. The number of hydrogen-bond acceptors (Lipinski definition) is 4. The zero-order chi connectivity index (χ0) is 12.6. The van der Waals surface area contributed by atoms with Crippen molar-refractivity contribution in [3.63, 3.8) is 0 Å². The molecule has 1 aliphatic rings. The number of rotatable bonds is 6. The Labute approximate surface area is 112 Å². The summed E-state index contributed by atoms with van der Waals surface area (Å²) >= 11 is 1.73. The first-order chi connectivity index (χ1) is 8.86. The topological polar surface area (TPSA) is 41.6 Å². The summed E-state index contributed by atoms with van der Waals surface area (Å²) in [7, 11) is 0. The third-order valence-corrected chi connectivity index (χ3v) is 3.78. The number of thiophene rings is 1. The molecule has 1 N–H and O–H groups in total. The molecule has 1 fully saturated rings. The van der Waals surface area contributed by atoms with Crippen LogP contribution in [-0.2, 0) is 16.0 Å². The van der Waals surface area contributed by atoms with Gasteiger partial charge < -0.3 is 15.0 Å². The number of nitrogens with zero attached hydrogens (tertiary/aromatic N) is 1. The van der Waals surface area contributed by atoms with Crippen molar-refractivity contribution in [3.05, 3.63) is 22.4 Å². The SMILES string of the molecule is O=C(CCNCCc1ccsc1)N1CCOCC1. The Bertz CT molecular complexity index is 348. The van der Waals surface area contributed by atoms with Crippen LogP contribution in [0.2, 0.25) is 0 Å². The van der Waals surface area contributed by atoms with Crippen molar-refractivity contribution in [1.29, 1.82) is 0 Å². The van der Waals surface area contributed by atoms with Crippen LogP contribution in [0.4, 0.5) is 0 Å². The lowest BCUT2D eigenvalue weighted by atomic mass is 10.2. The highest BCUT2D eigenvalue weighted by Gasteiger charge is 2.15. The smallest absolute Gasteiger partial charge is 0.224 e. The number of carbonyl (C=O) groups is 1. The van der Waals surface area contributed by atoms with Crippen LogP contribution in [0, 0.1) is 0 Å². The van der Waals surface area contributed by atoms with Gasteiger partial charge in [0, 0.05) is 26.1 Å². The van der Waals surface area contributed by atoms with E-state index in [0.717, 1.165) is 32.6 Å². The lowest BCUT2D eigenvalue weighted by molar-refractivity contribution is -0.135. The molecule has 1 aromatic rings. The summed E-state index contributed by atoms with van der Waals surface area (Å²) in [5, 5.41) is 7.58. The maximum Gasteiger partial charge on any atom is 0.224 e. The van der Waals surface area contributed by atoms with Gasteiger partial charge in [0.1, 0.15) is 0 Å². The summed E-state index contributed by atoms with van der Waals surface area (Å²) in [5.74, 6) is 0.237. The molecule has 0 unspecified atom stereocenters. The van der Waals surface area contributed by atoms with Crippen LogP contribution in [0.5, 0.6) is 0 Å². The maximum atomic E-state index is 11.8. The molecule has 4 nitrogen and oxygen atoms in total. The Hall–Kier alpha value is -0.910. The molecule has 1 amide bonds. The van der Waals surface area contributed by atoms with Crippen molar-refractivity contribution in [2.45, 2.75) is 12.8 Å². The molecule has 5 heteroatoms. The van der Waals surface area contributed by atoms with E-state index in [1.54, 1.807) is 11.3 Å². The van der Waals surface area contributed by atoms with Gasteiger partial charge in [0.2, 0.25) is 5.91 Å². The zero-order valence-corrected chi connectivity index (χ0v) is 11.4. The molecule has 0 spiro atoms. The van der Waals surface area contributed by atoms with E-state index < -0.39 is 0 Å². The summed E-state index contributed by atoms with van der Waals surface area (Å²) in [4.78, 5) is 13.7. The Balaban J connectivity index is 1.53. The zero-order valence-electron chi connectivity index (χ0n) is 10.6. The molecule has 0 bridgehead atoms. The van der Waals surface area contributed by atoms with E-state index >= 15 is 0 Å². The van der Waals surface area contributed by atoms with Gasteiger partial charge in [-0.2, -0.15) is 11.3 Å². The van der Waals surface area contributed by atoms with E-state index in [1.807, 2.05) is 4.90 Å². The molecule has 1 aliphatic heterocycles. The summed E-state index contributed by atoms with van der Waals surface area (Å²) in [6.07, 6.45) is 1.62. The van der Waals surface area contributed by atoms with E-state index in [1.165, 1.54) is 5.56 Å². The van der Waals surface area contributed by atoms with Crippen molar-refractivity contribution in [3.8, 4) is 0 Å². The first-order valence-corrected chi connectivity index (χ1v) is 7.38. The van der Waals surface area contributed by atoms with Gasteiger partial charge in [0.05, 0.1) is 13.2 Å². The van der Waals surface area contributed by atoms with Crippen LogP contribution < -0.4 is 5.32 Å². The molecular formula is C13H20N2O2S. The first-order valence-electron chi connectivity index (χ1n) is 6.43. The fourth-order valence-electron chi connectivity index (χ4n) is 1.96. The minimum absolute atomic E-state index is 0.237. The fourth-order valence-corrected chi connectivity index (χ4v) is 2.66. The van der Waals surface area contributed by atoms with Gasteiger partial charge in [-0.25, -0.2) is 0 Å². The third kappa shape index (κ3) is 4.40. The van der Waals surface area contributed by atoms with Crippen molar-refractivity contribution in [2.75, 3.05) is 39.4 Å². The molecular weight excluding hydrogens is 248 g/mol. The van der Waals surface area contributed by atoms with Crippen LogP contribution in [0.15, 0.2) is 16.8 Å². The van der Waals surface area contributed by atoms with Crippen molar-refractivity contribution in [2.24, 2.45) is 0 Å². The molecule has 0 radical (unpaired) electrons. The van der Waals surface area contributed by atoms with Gasteiger partial charge in [0.25, 0.3) is 0 Å². The Morgan fingerprint density at radius 1 is 1.39 bits per heavy atom. The summed E-state index contributed by atoms with van der Waals surface area (Å²) in [5.41, 5.74) is 1.37. The quantitative estimate of drug-likeness (QED) is 0.786. The molecule has 0 atom stereocenters. The molecule has 18 heavy (non-hydrogen) atoms. The second kappa shape index (κ2) is 7.51. The van der Waals surface area contributed by atoms with Crippen LogP contribution >= 0.6 is 11.3 Å². The molecule has 100 valence electrons. The molecule has 2 rings (SSSR count). The van der Waals surface area contributed by atoms with Gasteiger partial charge in [0.15, 0.2) is 0 Å². The number of nitrogens with one attached hydrogen (secondary N) is 1. The fraction of sp³-hybridized carbons (Fsp3) is 0.615. The third-order valence-electron chi connectivity index (χ3n) is 3.05. The first kappa shape index (κ1) is 13.5. The second-order valence-corrected chi connectivity index (χ2v) is 5.15. The van der Waals surface area contributed by atoms with E-state index in [9.17, 15) is 4.79 Å². The molecule has 0 saturated carbocycles. The van der Waals surface area contributed by atoms with Gasteiger partial charge in [-0.1, -0.05) is 0 Å². The van der Waals surface area contributed by atoms with Crippen LogP contribution in [-0.4, -0.2) is 50.2 Å². The van der Waals surface area contributed by atoms with Crippen LogP contribution in [0.25, 0.3) is 0 Å². The van der Waals surface area contributed by atoms with Gasteiger partial charge in [-0.05, 0) is 35.4 Å². The lowest BCUT2D eigenvalue weighted by Gasteiger charge is -2.26. The van der Waals surface area contributed by atoms with Crippen molar-refractivity contribution >= 4 is 17.2 Å². The molecule has 0 aliphatic carbocycles. The Morgan fingerprint density at radius 2 is 2.22 bits per heavy atom. The highest BCUT2D eigenvalue weighted by molar-refractivity contribution is 7.07. The number of carbonyl (C=O) groups excluding carboxylic acids is 1. The Morgan fingerprint density at radius 3 is 2.94 bits per heavy atom. The molecule has 1 saturated heterocycles. The van der Waals surface area contributed by atoms with Gasteiger partial charge in [-0.3, -0.25) is 4.79 Å². The van der Waals surface area contributed by atoms with Crippen molar-refractivity contribution < 1.29 is 9.53 Å². The predicted octanol–water partition coefficient (Wildman–Crippen LogP) is 1.13. The average molecular weight is 268 g/mol. The summed E-state index contributed by atoms with van der Waals surface area (Å²) in [6.45, 7) is 4.55. The minimum Gasteiger partial charge on any atom is -0.378 e. The molecule has 2 heterocycles. The number of ether oxygens (including phenoxy) is 1. The van der Waals surface area contributed by atoms with E-state index in [4.69, 9.17) is 4.74 Å². The number of amides is 1. The maximum absolute atomic E-state index is 11.8. The monoisotopic (exact) mass is 268 g/mol. The van der Waals surface area contributed by atoms with Crippen LogP contribution in [0.3, 0.4) is 0 Å². The van der Waals surface area contributed by atoms with E-state index in [0.29, 0.717) is 19.6 Å². The van der Waals surface area contributed by atoms with E-state index in [-0.39, 0.29) is 5.91 Å². The predicted molar refractivity (Wildman–Crippen MR) is 72.9 cm³/mol. The van der Waals surface area contributed by atoms with Crippen LogP contribution in [0.1, 0.15) is 12.0 Å². The summed E-state index contributed by atoms with van der Waals surface area (Å²) in [6, 6.07) is 2.14. The number of morpholine rings is 1.